The summed E-state index contributed by atoms with van der Waals surface area (Å²) >= 11 is 0. The Morgan fingerprint density at radius 3 is 2.03 bits per heavy atom. The Balaban J connectivity index is 1.34. The minimum absolute atomic E-state index is 0.0142. The van der Waals surface area contributed by atoms with Crippen molar-refractivity contribution in [1.82, 2.24) is 0 Å². The molecule has 2 aliphatic heterocycles. The number of fused-ring (bicyclic) bond motifs is 4. The molecule has 0 N–H and O–H groups in total. The highest BCUT2D eigenvalue weighted by Gasteiger charge is 2.58. The molecule has 0 aliphatic carbocycles. The molecule has 5 aromatic rings. The summed E-state index contributed by atoms with van der Waals surface area (Å²) in [5.41, 5.74) is 4.99. The van der Waals surface area contributed by atoms with Crippen LogP contribution in [0.5, 0.6) is 11.5 Å². The highest BCUT2D eigenvalue weighted by atomic mass is 16.5. The van der Waals surface area contributed by atoms with E-state index in [-0.39, 0.29) is 18.6 Å². The lowest BCUT2D eigenvalue weighted by Gasteiger charge is -2.31. The number of hydrogen-bond acceptors (Lipinski definition) is 3. The van der Waals surface area contributed by atoms with Crippen LogP contribution in [0.2, 0.25) is 0 Å². The normalized spacial score (nSPS) is 17.3. The molecule has 5 aromatic carbocycles. The van der Waals surface area contributed by atoms with E-state index in [4.69, 9.17) is 9.47 Å². The van der Waals surface area contributed by atoms with E-state index in [0.29, 0.717) is 12.4 Å². The van der Waals surface area contributed by atoms with Crippen LogP contribution < -0.4 is 14.4 Å². The minimum Gasteiger partial charge on any atom is -0.491 e. The van der Waals surface area contributed by atoms with E-state index in [2.05, 4.69) is 36.4 Å². The predicted molar refractivity (Wildman–Crippen MR) is 152 cm³/mol. The minimum atomic E-state index is -0.945. The summed E-state index contributed by atoms with van der Waals surface area (Å²) in [6.07, 6.45) is 0. The number of benzene rings is 5. The smallest absolute Gasteiger partial charge is 0.246 e. The molecule has 1 spiro atoms. The van der Waals surface area contributed by atoms with E-state index in [1.165, 1.54) is 0 Å². The lowest BCUT2D eigenvalue weighted by molar-refractivity contribution is -0.122. The molecule has 190 valence electrons. The Kier molecular flexibility index (Phi) is 5.66. The van der Waals surface area contributed by atoms with Crippen molar-refractivity contribution in [3.63, 3.8) is 0 Å². The molecule has 39 heavy (non-hydrogen) atoms. The summed E-state index contributed by atoms with van der Waals surface area (Å²) in [6.45, 7) is 0.710. The van der Waals surface area contributed by atoms with Gasteiger partial charge in [-0.05, 0) is 46.5 Å². The van der Waals surface area contributed by atoms with Crippen molar-refractivity contribution in [1.29, 1.82) is 0 Å². The Hall–Kier alpha value is -4.83. The Bertz CT molecular complexity index is 1600. The average Bonchev–Trinajstić information content (AvgIpc) is 3.50. The largest absolute Gasteiger partial charge is 0.491 e. The van der Waals surface area contributed by atoms with Crippen LogP contribution in [0.1, 0.15) is 33.9 Å². The van der Waals surface area contributed by atoms with Crippen molar-refractivity contribution in [2.45, 2.75) is 18.1 Å². The fraction of sp³-hybridized carbons (Fsp3) is 0.114. The second-order valence-corrected chi connectivity index (χ2v) is 10.0. The van der Waals surface area contributed by atoms with Crippen molar-refractivity contribution >= 4 is 11.6 Å². The number of carbonyl (C=O) groups excluding carboxylic acids is 1. The molecular weight excluding hydrogens is 482 g/mol. The van der Waals surface area contributed by atoms with Crippen molar-refractivity contribution in [3.8, 4) is 11.5 Å². The van der Waals surface area contributed by atoms with Crippen molar-refractivity contribution in [2.24, 2.45) is 0 Å². The van der Waals surface area contributed by atoms with Crippen LogP contribution >= 0.6 is 0 Å². The summed E-state index contributed by atoms with van der Waals surface area (Å²) in [4.78, 5) is 16.8. The van der Waals surface area contributed by atoms with E-state index in [1.807, 2.05) is 102 Å². The van der Waals surface area contributed by atoms with Gasteiger partial charge in [-0.3, -0.25) is 9.69 Å². The summed E-state index contributed by atoms with van der Waals surface area (Å²) in [5.74, 6) is 1.46. The number of rotatable bonds is 6. The molecule has 4 heteroatoms. The van der Waals surface area contributed by atoms with Gasteiger partial charge in [-0.25, -0.2) is 0 Å². The van der Waals surface area contributed by atoms with Gasteiger partial charge in [0, 0.05) is 11.3 Å². The molecule has 0 saturated heterocycles. The molecule has 0 bridgehead atoms. The van der Waals surface area contributed by atoms with Gasteiger partial charge in [0.2, 0.25) is 5.91 Å². The maximum absolute atomic E-state index is 14.8. The zero-order valence-electron chi connectivity index (χ0n) is 21.4. The third-order valence-electron chi connectivity index (χ3n) is 7.80. The lowest BCUT2D eigenvalue weighted by Crippen LogP contribution is -2.44. The molecule has 1 amide bonds. The number of ether oxygens (including phenoxy) is 2. The second kappa shape index (κ2) is 9.48. The van der Waals surface area contributed by atoms with Crippen LogP contribution in [0, 0.1) is 0 Å². The summed E-state index contributed by atoms with van der Waals surface area (Å²) in [5, 5.41) is 0. The number of para-hydroxylation sites is 1. The number of hydrogen-bond donors (Lipinski definition) is 0. The van der Waals surface area contributed by atoms with Crippen LogP contribution in [-0.4, -0.2) is 12.5 Å². The van der Waals surface area contributed by atoms with Gasteiger partial charge in [0.05, 0.1) is 6.04 Å². The van der Waals surface area contributed by atoms with Gasteiger partial charge < -0.3 is 9.47 Å². The first kappa shape index (κ1) is 23.3. The number of carbonyl (C=O) groups is 1. The molecule has 0 fully saturated rings. The van der Waals surface area contributed by atoms with Gasteiger partial charge in [0.1, 0.15) is 30.1 Å². The number of nitrogens with zero attached hydrogens (tertiary/aromatic N) is 1. The van der Waals surface area contributed by atoms with Crippen LogP contribution in [0.25, 0.3) is 0 Å². The Labute approximate surface area is 228 Å². The van der Waals surface area contributed by atoms with Crippen LogP contribution in [0.4, 0.5) is 5.69 Å². The molecular formula is C35H27NO3. The maximum atomic E-state index is 14.8. The molecule has 7 rings (SSSR count). The molecule has 4 nitrogen and oxygen atoms in total. The van der Waals surface area contributed by atoms with Gasteiger partial charge in [0.15, 0.2) is 0 Å². The molecule has 1 unspecified atom stereocenters. The molecule has 0 saturated carbocycles. The van der Waals surface area contributed by atoms with Crippen LogP contribution in [0.15, 0.2) is 133 Å². The van der Waals surface area contributed by atoms with Crippen molar-refractivity contribution in [2.75, 3.05) is 11.5 Å². The van der Waals surface area contributed by atoms with Crippen molar-refractivity contribution < 1.29 is 14.3 Å². The maximum Gasteiger partial charge on any atom is 0.246 e. The summed E-state index contributed by atoms with van der Waals surface area (Å²) in [7, 11) is 0. The average molecular weight is 510 g/mol. The Morgan fingerprint density at radius 2 is 1.33 bits per heavy atom. The van der Waals surface area contributed by atoms with Gasteiger partial charge >= 0.3 is 0 Å². The highest BCUT2D eigenvalue weighted by molar-refractivity contribution is 6.12. The standard InChI is InChI=1S/C35H27NO3/c37-34-35(24-39-32-21-20-28(22-30(32)35)38-23-25-12-4-1-5-13-25)29-18-10-11-19-31(29)36(34)33(26-14-6-2-7-15-26)27-16-8-3-9-17-27/h1-22,33H,23-24H2. The molecule has 1 atom stereocenters. The van der Waals surface area contributed by atoms with Gasteiger partial charge in [-0.15, -0.1) is 0 Å². The molecule has 2 aliphatic rings. The first-order chi connectivity index (χ1) is 19.3. The van der Waals surface area contributed by atoms with Crippen LogP contribution in [-0.2, 0) is 16.8 Å². The SMILES string of the molecule is O=C1N(C(c2ccccc2)c2ccccc2)c2ccccc2C12COc1ccc(OCc3ccccc3)cc12. The third kappa shape index (κ3) is 3.79. The summed E-state index contributed by atoms with van der Waals surface area (Å²) < 4.78 is 12.4. The second-order valence-electron chi connectivity index (χ2n) is 10.0. The van der Waals surface area contributed by atoms with Gasteiger partial charge in [-0.2, -0.15) is 0 Å². The zero-order chi connectivity index (χ0) is 26.2. The van der Waals surface area contributed by atoms with E-state index >= 15 is 0 Å². The Morgan fingerprint density at radius 1 is 0.718 bits per heavy atom. The number of amides is 1. The third-order valence-corrected chi connectivity index (χ3v) is 7.80. The quantitative estimate of drug-likeness (QED) is 0.246. The lowest BCUT2D eigenvalue weighted by atomic mass is 9.77. The predicted octanol–water partition coefficient (Wildman–Crippen LogP) is 7.08. The number of anilines is 1. The van der Waals surface area contributed by atoms with Crippen molar-refractivity contribution in [3.05, 3.63) is 161 Å². The van der Waals surface area contributed by atoms with Gasteiger partial charge in [-0.1, -0.05) is 109 Å². The van der Waals surface area contributed by atoms with Crippen LogP contribution in [0.3, 0.4) is 0 Å². The van der Waals surface area contributed by atoms with E-state index in [0.717, 1.165) is 39.3 Å². The van der Waals surface area contributed by atoms with E-state index < -0.39 is 5.41 Å². The molecule has 0 radical (unpaired) electrons. The first-order valence-corrected chi connectivity index (χ1v) is 13.2. The van der Waals surface area contributed by atoms with E-state index in [1.54, 1.807) is 0 Å². The van der Waals surface area contributed by atoms with Gasteiger partial charge in [0.25, 0.3) is 0 Å². The summed E-state index contributed by atoms with van der Waals surface area (Å²) in [6, 6.07) is 44.2. The first-order valence-electron chi connectivity index (χ1n) is 13.2. The topological polar surface area (TPSA) is 38.8 Å². The molecule has 2 heterocycles. The molecule has 0 aromatic heterocycles. The highest BCUT2D eigenvalue weighted by Crippen LogP contribution is 2.55. The fourth-order valence-corrected chi connectivity index (χ4v) is 5.96. The zero-order valence-corrected chi connectivity index (χ0v) is 21.4. The monoisotopic (exact) mass is 509 g/mol. The fourth-order valence-electron chi connectivity index (χ4n) is 5.96. The van der Waals surface area contributed by atoms with E-state index in [9.17, 15) is 4.79 Å².